The minimum Gasteiger partial charge on any atom is -0.381 e. The van der Waals surface area contributed by atoms with E-state index in [4.69, 9.17) is 5.73 Å². The lowest BCUT2D eigenvalue weighted by molar-refractivity contribution is 0.598. The van der Waals surface area contributed by atoms with Gasteiger partial charge in [-0.25, -0.2) is 14.6 Å². The Kier molecular flexibility index (Phi) is 2.05. The van der Waals surface area contributed by atoms with Crippen molar-refractivity contribution in [2.24, 2.45) is 0 Å². The van der Waals surface area contributed by atoms with Gasteiger partial charge in [-0.15, -0.1) is 5.10 Å². The van der Waals surface area contributed by atoms with Crippen LogP contribution in [-0.4, -0.2) is 25.0 Å². The molecule has 0 unspecified atom stereocenters. The number of nitrogens with two attached hydrogens (primary N) is 1. The Hall–Kier alpha value is -1.98. The Labute approximate surface area is 92.5 Å². The van der Waals surface area contributed by atoms with Crippen LogP contribution in [-0.2, 0) is 6.54 Å². The molecule has 0 saturated heterocycles. The molecule has 16 heavy (non-hydrogen) atoms. The number of anilines is 1. The molecule has 0 bridgehead atoms. The summed E-state index contributed by atoms with van der Waals surface area (Å²) in [5.74, 6) is 1.80. The van der Waals surface area contributed by atoms with Crippen LogP contribution in [0.3, 0.4) is 0 Å². The van der Waals surface area contributed by atoms with Gasteiger partial charge in [0.2, 0.25) is 0 Å². The summed E-state index contributed by atoms with van der Waals surface area (Å²) >= 11 is 0. The van der Waals surface area contributed by atoms with E-state index in [2.05, 4.69) is 20.3 Å². The largest absolute Gasteiger partial charge is 0.381 e. The summed E-state index contributed by atoms with van der Waals surface area (Å²) in [6.07, 6.45) is 5.79. The van der Waals surface area contributed by atoms with E-state index >= 15 is 0 Å². The normalized spacial score (nSPS) is 15.2. The smallest absolute Gasteiger partial charge is 0.169 e. The molecule has 0 radical (unpaired) electrons. The van der Waals surface area contributed by atoms with Crippen LogP contribution in [0.5, 0.6) is 0 Å². The quantitative estimate of drug-likeness (QED) is 0.811. The molecule has 1 aliphatic carbocycles. The molecule has 1 saturated carbocycles. The van der Waals surface area contributed by atoms with Crippen LogP contribution >= 0.6 is 0 Å². The third-order valence-electron chi connectivity index (χ3n) is 2.68. The third-order valence-corrected chi connectivity index (χ3v) is 2.68. The summed E-state index contributed by atoms with van der Waals surface area (Å²) < 4.78 is 1.81. The average molecular weight is 216 g/mol. The molecule has 2 heterocycles. The first-order valence-electron chi connectivity index (χ1n) is 5.29. The van der Waals surface area contributed by atoms with Crippen molar-refractivity contribution in [3.05, 3.63) is 30.0 Å². The molecule has 82 valence electrons. The molecule has 6 nitrogen and oxygen atoms in total. The van der Waals surface area contributed by atoms with E-state index in [9.17, 15) is 0 Å². The van der Waals surface area contributed by atoms with Gasteiger partial charge in [-0.2, -0.15) is 0 Å². The van der Waals surface area contributed by atoms with E-state index in [1.807, 2.05) is 4.68 Å². The maximum atomic E-state index is 5.80. The average Bonchev–Trinajstić information content (AvgIpc) is 3.07. The molecule has 1 aliphatic rings. The van der Waals surface area contributed by atoms with Gasteiger partial charge < -0.3 is 5.73 Å². The second-order valence-corrected chi connectivity index (χ2v) is 3.96. The standard InChI is InChI=1S/C10H12N6/c11-10-9(7-2-3-7)16(15-14-10)6-8-12-4-1-5-13-8/h1,4-5,7H,2-3,6,11H2. The molecule has 0 spiro atoms. The Balaban J connectivity index is 1.90. The van der Waals surface area contributed by atoms with Crippen molar-refractivity contribution in [2.75, 3.05) is 5.73 Å². The summed E-state index contributed by atoms with van der Waals surface area (Å²) in [6.45, 7) is 0.539. The molecule has 0 atom stereocenters. The molecule has 1 fully saturated rings. The second-order valence-electron chi connectivity index (χ2n) is 3.96. The number of hydrogen-bond acceptors (Lipinski definition) is 5. The van der Waals surface area contributed by atoms with E-state index in [0.29, 0.717) is 18.3 Å². The first kappa shape index (κ1) is 9.26. The number of rotatable bonds is 3. The van der Waals surface area contributed by atoms with Crippen molar-refractivity contribution in [3.63, 3.8) is 0 Å². The first-order valence-corrected chi connectivity index (χ1v) is 5.29. The van der Waals surface area contributed by atoms with Crippen LogP contribution in [0.25, 0.3) is 0 Å². The predicted octanol–water partition coefficient (Wildman–Crippen LogP) is 0.576. The Morgan fingerprint density at radius 1 is 1.31 bits per heavy atom. The fourth-order valence-corrected chi connectivity index (χ4v) is 1.77. The highest BCUT2D eigenvalue weighted by Crippen LogP contribution is 2.41. The van der Waals surface area contributed by atoms with Crippen LogP contribution in [0.1, 0.15) is 30.3 Å². The molecular formula is C10H12N6. The van der Waals surface area contributed by atoms with Gasteiger partial charge in [0.05, 0.1) is 5.69 Å². The van der Waals surface area contributed by atoms with Gasteiger partial charge in [0.15, 0.2) is 5.82 Å². The lowest BCUT2D eigenvalue weighted by atomic mass is 10.3. The topological polar surface area (TPSA) is 82.5 Å². The van der Waals surface area contributed by atoms with E-state index in [0.717, 1.165) is 11.5 Å². The molecule has 3 rings (SSSR count). The molecular weight excluding hydrogens is 204 g/mol. The molecule has 2 aromatic rings. The first-order chi connectivity index (χ1) is 7.84. The maximum absolute atomic E-state index is 5.80. The minimum atomic E-state index is 0.527. The van der Waals surface area contributed by atoms with Crippen molar-refractivity contribution in [2.45, 2.75) is 25.3 Å². The highest BCUT2D eigenvalue weighted by molar-refractivity contribution is 5.38. The van der Waals surface area contributed by atoms with Crippen LogP contribution < -0.4 is 5.73 Å². The third kappa shape index (κ3) is 1.62. The lowest BCUT2D eigenvalue weighted by Gasteiger charge is -2.03. The molecule has 2 aromatic heterocycles. The van der Waals surface area contributed by atoms with Crippen molar-refractivity contribution in [1.29, 1.82) is 0 Å². The van der Waals surface area contributed by atoms with Crippen LogP contribution in [0, 0.1) is 0 Å². The zero-order valence-electron chi connectivity index (χ0n) is 8.74. The van der Waals surface area contributed by atoms with Crippen molar-refractivity contribution >= 4 is 5.82 Å². The fourth-order valence-electron chi connectivity index (χ4n) is 1.77. The van der Waals surface area contributed by atoms with Gasteiger partial charge in [-0.05, 0) is 18.9 Å². The molecule has 0 amide bonds. The van der Waals surface area contributed by atoms with Gasteiger partial charge in [0.1, 0.15) is 12.4 Å². The maximum Gasteiger partial charge on any atom is 0.169 e. The number of nitrogens with zero attached hydrogens (tertiary/aromatic N) is 5. The summed E-state index contributed by atoms with van der Waals surface area (Å²) in [5, 5.41) is 7.94. The molecule has 2 N–H and O–H groups in total. The number of aromatic nitrogens is 5. The number of nitrogen functional groups attached to an aromatic ring is 1. The van der Waals surface area contributed by atoms with E-state index in [1.165, 1.54) is 12.8 Å². The second kappa shape index (κ2) is 3.55. The van der Waals surface area contributed by atoms with Crippen LogP contribution in [0.4, 0.5) is 5.82 Å². The molecule has 0 aliphatic heterocycles. The van der Waals surface area contributed by atoms with Crippen molar-refractivity contribution in [1.82, 2.24) is 25.0 Å². The zero-order chi connectivity index (χ0) is 11.0. The zero-order valence-corrected chi connectivity index (χ0v) is 8.74. The number of hydrogen-bond donors (Lipinski definition) is 1. The van der Waals surface area contributed by atoms with Gasteiger partial charge in [-0.1, -0.05) is 5.21 Å². The highest BCUT2D eigenvalue weighted by atomic mass is 15.4. The van der Waals surface area contributed by atoms with E-state index in [1.54, 1.807) is 18.5 Å². The highest BCUT2D eigenvalue weighted by Gasteiger charge is 2.30. The lowest BCUT2D eigenvalue weighted by Crippen LogP contribution is -2.09. The SMILES string of the molecule is Nc1nnn(Cc2ncccn2)c1C1CC1. The van der Waals surface area contributed by atoms with E-state index in [-0.39, 0.29) is 0 Å². The summed E-state index contributed by atoms with van der Waals surface area (Å²) in [5.41, 5.74) is 6.84. The van der Waals surface area contributed by atoms with Gasteiger partial charge in [0, 0.05) is 18.3 Å². The van der Waals surface area contributed by atoms with Crippen molar-refractivity contribution < 1.29 is 0 Å². The molecule has 6 heteroatoms. The predicted molar refractivity (Wildman–Crippen MR) is 57.5 cm³/mol. The van der Waals surface area contributed by atoms with Crippen LogP contribution in [0.2, 0.25) is 0 Å². The fraction of sp³-hybridized carbons (Fsp3) is 0.400. The van der Waals surface area contributed by atoms with Crippen LogP contribution in [0.15, 0.2) is 18.5 Å². The van der Waals surface area contributed by atoms with Gasteiger partial charge in [-0.3, -0.25) is 0 Å². The van der Waals surface area contributed by atoms with Gasteiger partial charge >= 0.3 is 0 Å². The minimum absolute atomic E-state index is 0.527. The van der Waals surface area contributed by atoms with Gasteiger partial charge in [0.25, 0.3) is 0 Å². The Bertz CT molecular complexity index is 487. The monoisotopic (exact) mass is 216 g/mol. The summed E-state index contributed by atoms with van der Waals surface area (Å²) in [7, 11) is 0. The van der Waals surface area contributed by atoms with Crippen molar-refractivity contribution in [3.8, 4) is 0 Å². The summed E-state index contributed by atoms with van der Waals surface area (Å²) in [4.78, 5) is 8.33. The Morgan fingerprint density at radius 2 is 2.06 bits per heavy atom. The summed E-state index contributed by atoms with van der Waals surface area (Å²) in [6, 6.07) is 1.79. The molecule has 0 aromatic carbocycles. The van der Waals surface area contributed by atoms with E-state index < -0.39 is 0 Å². The Morgan fingerprint density at radius 3 is 2.75 bits per heavy atom.